The summed E-state index contributed by atoms with van der Waals surface area (Å²) in [6.45, 7) is 0.999. The second-order valence-corrected chi connectivity index (χ2v) is 2.90. The molecule has 0 fully saturated rings. The van der Waals surface area contributed by atoms with E-state index in [1.54, 1.807) is 7.11 Å². The van der Waals surface area contributed by atoms with Crippen LogP contribution in [0.2, 0.25) is 0 Å². The molecule has 0 aromatic carbocycles. The van der Waals surface area contributed by atoms with E-state index < -0.39 is 0 Å². The predicted molar refractivity (Wildman–Crippen MR) is 56.6 cm³/mol. The SMILES string of the molecule is COCCNC(=N)c1c(C#N)c[nH]c1N. The molecule has 0 amide bonds. The minimum Gasteiger partial charge on any atom is -0.385 e. The molecule has 0 atom stereocenters. The number of hydrogen-bond acceptors (Lipinski definition) is 4. The number of ether oxygens (including phenoxy) is 1. The van der Waals surface area contributed by atoms with Crippen molar-refractivity contribution in [2.24, 2.45) is 0 Å². The molecule has 1 rings (SSSR count). The number of methoxy groups -OCH3 is 1. The molecule has 6 nitrogen and oxygen atoms in total. The fraction of sp³-hybridized carbons (Fsp3) is 0.333. The Morgan fingerprint density at radius 3 is 3.13 bits per heavy atom. The van der Waals surface area contributed by atoms with E-state index in [0.29, 0.717) is 30.1 Å². The largest absolute Gasteiger partial charge is 0.385 e. The Kier molecular flexibility index (Phi) is 3.71. The summed E-state index contributed by atoms with van der Waals surface area (Å²) in [5.74, 6) is 0.448. The zero-order valence-electron chi connectivity index (χ0n) is 8.42. The van der Waals surface area contributed by atoms with Crippen LogP contribution in [0.5, 0.6) is 0 Å². The first-order valence-electron chi connectivity index (χ1n) is 4.39. The third-order valence-electron chi connectivity index (χ3n) is 1.89. The van der Waals surface area contributed by atoms with Gasteiger partial charge >= 0.3 is 0 Å². The van der Waals surface area contributed by atoms with Gasteiger partial charge in [-0.25, -0.2) is 0 Å². The number of nitrogen functional groups attached to an aromatic ring is 1. The second kappa shape index (κ2) is 5.02. The summed E-state index contributed by atoms with van der Waals surface area (Å²) in [5, 5.41) is 19.3. The highest BCUT2D eigenvalue weighted by molar-refractivity contribution is 6.02. The number of H-pyrrole nitrogens is 1. The van der Waals surface area contributed by atoms with Crippen LogP contribution in [0.4, 0.5) is 5.82 Å². The lowest BCUT2D eigenvalue weighted by Gasteiger charge is -2.06. The highest BCUT2D eigenvalue weighted by Gasteiger charge is 2.13. The Morgan fingerprint density at radius 2 is 2.53 bits per heavy atom. The van der Waals surface area contributed by atoms with Crippen molar-refractivity contribution >= 4 is 11.7 Å². The molecule has 0 aliphatic rings. The van der Waals surface area contributed by atoms with Gasteiger partial charge in [0.2, 0.25) is 0 Å². The van der Waals surface area contributed by atoms with Crippen molar-refractivity contribution in [1.82, 2.24) is 10.3 Å². The number of hydrogen-bond donors (Lipinski definition) is 4. The molecule has 5 N–H and O–H groups in total. The third kappa shape index (κ3) is 2.48. The van der Waals surface area contributed by atoms with E-state index in [9.17, 15) is 0 Å². The van der Waals surface area contributed by atoms with Gasteiger partial charge in [0.1, 0.15) is 17.7 Å². The maximum Gasteiger partial charge on any atom is 0.130 e. The topological polar surface area (TPSA) is 111 Å². The van der Waals surface area contributed by atoms with E-state index in [4.69, 9.17) is 21.1 Å². The molecule has 0 radical (unpaired) electrons. The Balaban J connectivity index is 2.73. The first-order chi connectivity index (χ1) is 7.20. The Morgan fingerprint density at radius 1 is 1.80 bits per heavy atom. The van der Waals surface area contributed by atoms with Crippen LogP contribution in [0.15, 0.2) is 6.20 Å². The number of aromatic amines is 1. The molecule has 15 heavy (non-hydrogen) atoms. The number of nitrogens with two attached hydrogens (primary N) is 1. The van der Waals surface area contributed by atoms with E-state index >= 15 is 0 Å². The number of amidine groups is 1. The number of nitriles is 1. The van der Waals surface area contributed by atoms with E-state index in [2.05, 4.69) is 10.3 Å². The maximum atomic E-state index is 8.78. The average molecular weight is 207 g/mol. The minimum absolute atomic E-state index is 0.127. The second-order valence-electron chi connectivity index (χ2n) is 2.90. The highest BCUT2D eigenvalue weighted by atomic mass is 16.5. The average Bonchev–Trinajstić information content (AvgIpc) is 2.59. The van der Waals surface area contributed by atoms with E-state index in [0.717, 1.165) is 0 Å². The van der Waals surface area contributed by atoms with Gasteiger partial charge in [0.25, 0.3) is 0 Å². The van der Waals surface area contributed by atoms with Crippen molar-refractivity contribution in [3.8, 4) is 6.07 Å². The number of rotatable bonds is 4. The lowest BCUT2D eigenvalue weighted by atomic mass is 10.2. The van der Waals surface area contributed by atoms with Crippen LogP contribution in [-0.2, 0) is 4.74 Å². The van der Waals surface area contributed by atoms with E-state index in [-0.39, 0.29) is 5.84 Å². The molecule has 0 spiro atoms. The zero-order chi connectivity index (χ0) is 11.3. The summed E-state index contributed by atoms with van der Waals surface area (Å²) in [7, 11) is 1.58. The van der Waals surface area contributed by atoms with Crippen LogP contribution in [0, 0.1) is 16.7 Å². The van der Waals surface area contributed by atoms with E-state index in [1.165, 1.54) is 6.20 Å². The molecule has 0 unspecified atom stereocenters. The van der Waals surface area contributed by atoms with Gasteiger partial charge in [-0.2, -0.15) is 5.26 Å². The van der Waals surface area contributed by atoms with Gasteiger partial charge in [-0.3, -0.25) is 5.41 Å². The van der Waals surface area contributed by atoms with Crippen molar-refractivity contribution in [2.75, 3.05) is 26.0 Å². The van der Waals surface area contributed by atoms with Gasteiger partial charge in [0, 0.05) is 19.9 Å². The summed E-state index contributed by atoms with van der Waals surface area (Å²) in [5.41, 5.74) is 6.38. The van der Waals surface area contributed by atoms with Gasteiger partial charge in [-0.05, 0) is 0 Å². The Bertz CT molecular complexity index is 390. The van der Waals surface area contributed by atoms with Gasteiger partial charge < -0.3 is 20.8 Å². The van der Waals surface area contributed by atoms with E-state index in [1.807, 2.05) is 6.07 Å². The smallest absolute Gasteiger partial charge is 0.130 e. The van der Waals surface area contributed by atoms with Crippen molar-refractivity contribution in [2.45, 2.75) is 0 Å². The monoisotopic (exact) mass is 207 g/mol. The molecular weight excluding hydrogens is 194 g/mol. The maximum absolute atomic E-state index is 8.78. The van der Waals surface area contributed by atoms with Crippen molar-refractivity contribution in [3.63, 3.8) is 0 Å². The molecular formula is C9H13N5O. The highest BCUT2D eigenvalue weighted by Crippen LogP contribution is 2.14. The summed E-state index contributed by atoms with van der Waals surface area (Å²) in [6, 6.07) is 1.96. The predicted octanol–water partition coefficient (Wildman–Crippen LogP) is 0.0299. The van der Waals surface area contributed by atoms with Gasteiger partial charge in [0.05, 0.1) is 17.7 Å². The minimum atomic E-state index is 0.127. The summed E-state index contributed by atoms with van der Waals surface area (Å²) in [6.07, 6.45) is 1.48. The van der Waals surface area contributed by atoms with Crippen LogP contribution in [-0.4, -0.2) is 31.1 Å². The molecule has 1 aromatic rings. The molecule has 1 aromatic heterocycles. The van der Waals surface area contributed by atoms with Crippen molar-refractivity contribution in [1.29, 1.82) is 10.7 Å². The fourth-order valence-electron chi connectivity index (χ4n) is 1.16. The van der Waals surface area contributed by atoms with Crippen molar-refractivity contribution < 1.29 is 4.74 Å². The molecule has 0 saturated heterocycles. The molecule has 0 saturated carbocycles. The van der Waals surface area contributed by atoms with Crippen LogP contribution >= 0.6 is 0 Å². The van der Waals surface area contributed by atoms with Gasteiger partial charge in [-0.1, -0.05) is 0 Å². The molecule has 6 heteroatoms. The number of aromatic nitrogens is 1. The number of nitrogens with zero attached hydrogens (tertiary/aromatic N) is 1. The molecule has 1 heterocycles. The van der Waals surface area contributed by atoms with Crippen molar-refractivity contribution in [3.05, 3.63) is 17.3 Å². The van der Waals surface area contributed by atoms with Gasteiger partial charge in [0.15, 0.2) is 0 Å². The third-order valence-corrected chi connectivity index (χ3v) is 1.89. The van der Waals surface area contributed by atoms with Crippen LogP contribution in [0.3, 0.4) is 0 Å². The lowest BCUT2D eigenvalue weighted by Crippen LogP contribution is -2.27. The normalized spacial score (nSPS) is 9.60. The Hall–Kier alpha value is -2.00. The standard InChI is InChI=1S/C9H13N5O/c1-15-3-2-13-8(11)7-6(4-10)5-14-9(7)12/h5,14H,2-3,12H2,1H3,(H2,11,13). The van der Waals surface area contributed by atoms with Crippen LogP contribution < -0.4 is 11.1 Å². The fourth-order valence-corrected chi connectivity index (χ4v) is 1.16. The quantitative estimate of drug-likeness (QED) is 0.317. The molecule has 80 valence electrons. The molecule has 0 aliphatic heterocycles. The summed E-state index contributed by atoms with van der Waals surface area (Å²) < 4.78 is 4.83. The Labute approximate surface area is 87.5 Å². The first-order valence-corrected chi connectivity index (χ1v) is 4.39. The number of nitrogens with one attached hydrogen (secondary N) is 3. The zero-order valence-corrected chi connectivity index (χ0v) is 8.42. The first kappa shape index (κ1) is 11.1. The van der Waals surface area contributed by atoms with Crippen LogP contribution in [0.1, 0.15) is 11.1 Å². The summed E-state index contributed by atoms with van der Waals surface area (Å²) in [4.78, 5) is 2.70. The lowest BCUT2D eigenvalue weighted by molar-refractivity contribution is 0.204. The van der Waals surface area contributed by atoms with Gasteiger partial charge in [-0.15, -0.1) is 0 Å². The number of anilines is 1. The molecule has 0 aliphatic carbocycles. The summed E-state index contributed by atoms with van der Waals surface area (Å²) >= 11 is 0. The molecule has 0 bridgehead atoms. The van der Waals surface area contributed by atoms with Crippen LogP contribution in [0.25, 0.3) is 0 Å².